The van der Waals surface area contributed by atoms with E-state index in [1.54, 1.807) is 39.2 Å². The van der Waals surface area contributed by atoms with Gasteiger partial charge < -0.3 is 43.7 Å². The van der Waals surface area contributed by atoms with E-state index in [0.717, 1.165) is 30.4 Å². The van der Waals surface area contributed by atoms with Crippen molar-refractivity contribution in [3.8, 4) is 22.6 Å². The van der Waals surface area contributed by atoms with E-state index in [9.17, 15) is 24.3 Å². The Morgan fingerprint density at radius 1 is 0.817 bits per heavy atom. The number of likely N-dealkylation sites (tertiary alicyclic amines) is 1. The summed E-state index contributed by atoms with van der Waals surface area (Å²) in [6.07, 6.45) is 3.20. The zero-order valence-electron chi connectivity index (χ0n) is 43.9. The Hall–Kier alpha value is -5.63. The number of benzene rings is 4. The molecular formula is C57H79ClN2O11. The van der Waals surface area contributed by atoms with E-state index in [-0.39, 0.29) is 79.4 Å². The molecule has 14 heteroatoms. The Morgan fingerprint density at radius 3 is 1.96 bits per heavy atom. The minimum Gasteiger partial charge on any atom is -0.497 e. The molecule has 0 radical (unpaired) electrons. The Balaban J connectivity index is 0.000000289. The minimum atomic E-state index is -0.822. The van der Waals surface area contributed by atoms with Gasteiger partial charge >= 0.3 is 24.0 Å². The monoisotopic (exact) mass is 1000 g/mol. The highest BCUT2D eigenvalue weighted by molar-refractivity contribution is 5.85. The van der Waals surface area contributed by atoms with E-state index in [1.807, 2.05) is 108 Å². The number of fused-ring (bicyclic) bond motifs is 3. The van der Waals surface area contributed by atoms with E-state index in [0.29, 0.717) is 37.0 Å². The molecule has 1 heterocycles. The van der Waals surface area contributed by atoms with Crippen LogP contribution < -0.4 is 14.8 Å². The molecule has 1 fully saturated rings. The number of halogens is 1. The van der Waals surface area contributed by atoms with Gasteiger partial charge in [0, 0.05) is 43.3 Å². The van der Waals surface area contributed by atoms with E-state index in [2.05, 4.69) is 43.4 Å². The first kappa shape index (κ1) is 59.7. The van der Waals surface area contributed by atoms with Crippen molar-refractivity contribution in [2.24, 2.45) is 23.7 Å². The van der Waals surface area contributed by atoms with Gasteiger partial charge in [-0.2, -0.15) is 0 Å². The minimum absolute atomic E-state index is 0. The van der Waals surface area contributed by atoms with E-state index in [1.165, 1.54) is 22.3 Å². The SMILES string of the molecule is CC[C@H](C)[C@H](NC)[C@@H](CC(=O)OC(C)(C)C)OC.COc1ccc(COC(=O)[C@@H](C)Cc2ccccc2)c(OC)c1.C[C@H]([C@@H](C)C(=O)O)[C@@H]1CCCN1C(=O)OCC1c2ccccc2-c2ccccc21.Cl. The molecule has 4 aromatic carbocycles. The number of nitrogens with one attached hydrogen (secondary N) is 1. The summed E-state index contributed by atoms with van der Waals surface area (Å²) in [5.74, 6) is -0.229. The van der Waals surface area contributed by atoms with Gasteiger partial charge in [-0.25, -0.2) is 4.79 Å². The molecule has 0 unspecified atom stereocenters. The molecule has 0 spiro atoms. The highest BCUT2D eigenvalue weighted by atomic mass is 35.5. The number of amides is 1. The molecule has 1 aliphatic heterocycles. The molecule has 0 saturated carbocycles. The topological polar surface area (TPSA) is 159 Å². The van der Waals surface area contributed by atoms with Crippen LogP contribution in [0.1, 0.15) is 109 Å². The molecule has 1 saturated heterocycles. The summed E-state index contributed by atoms with van der Waals surface area (Å²) >= 11 is 0. The lowest BCUT2D eigenvalue weighted by molar-refractivity contribution is -0.158. The second-order valence-electron chi connectivity index (χ2n) is 19.3. The summed E-state index contributed by atoms with van der Waals surface area (Å²) in [5, 5.41) is 12.6. The van der Waals surface area contributed by atoms with Crippen molar-refractivity contribution in [1.29, 1.82) is 0 Å². The quantitative estimate of drug-likeness (QED) is 0.0677. The smallest absolute Gasteiger partial charge is 0.410 e. The Labute approximate surface area is 428 Å². The van der Waals surface area contributed by atoms with Crippen molar-refractivity contribution in [2.45, 2.75) is 124 Å². The number of carboxylic acids is 1. The molecule has 0 bridgehead atoms. The van der Waals surface area contributed by atoms with Crippen LogP contribution in [0.25, 0.3) is 11.1 Å². The van der Waals surface area contributed by atoms with E-state index >= 15 is 0 Å². The molecule has 2 N–H and O–H groups in total. The number of rotatable bonds is 19. The van der Waals surface area contributed by atoms with Gasteiger partial charge in [-0.1, -0.05) is 120 Å². The highest BCUT2D eigenvalue weighted by Crippen LogP contribution is 2.44. The average Bonchev–Trinajstić information content (AvgIpc) is 3.98. The molecule has 0 aromatic heterocycles. The first-order chi connectivity index (χ1) is 33.4. The van der Waals surface area contributed by atoms with Crippen molar-refractivity contribution in [3.05, 3.63) is 119 Å². The maximum absolute atomic E-state index is 12.9. The van der Waals surface area contributed by atoms with Crippen LogP contribution in [0.2, 0.25) is 0 Å². The second kappa shape index (κ2) is 29.0. The first-order valence-electron chi connectivity index (χ1n) is 24.5. The van der Waals surface area contributed by atoms with Crippen LogP contribution in [0.3, 0.4) is 0 Å². The number of esters is 2. The van der Waals surface area contributed by atoms with Gasteiger partial charge in [0.1, 0.15) is 30.3 Å². The summed E-state index contributed by atoms with van der Waals surface area (Å²) in [5.41, 5.74) is 6.27. The van der Waals surface area contributed by atoms with Crippen LogP contribution in [0.5, 0.6) is 11.5 Å². The molecular weight excluding hydrogens is 924 g/mol. The fourth-order valence-electron chi connectivity index (χ4n) is 9.11. The molecule has 7 atom stereocenters. The van der Waals surface area contributed by atoms with Gasteiger partial charge in [0.2, 0.25) is 0 Å². The Kier molecular flexibility index (Phi) is 24.4. The maximum Gasteiger partial charge on any atom is 0.410 e. The van der Waals surface area contributed by atoms with Gasteiger partial charge in [0.05, 0.1) is 38.6 Å². The number of carboxylic acid groups (broad SMARTS) is 1. The predicted molar refractivity (Wildman–Crippen MR) is 280 cm³/mol. The average molecular weight is 1000 g/mol. The van der Waals surface area contributed by atoms with Crippen LogP contribution in [-0.2, 0) is 46.4 Å². The molecule has 1 aliphatic carbocycles. The molecule has 13 nitrogen and oxygen atoms in total. The molecule has 71 heavy (non-hydrogen) atoms. The number of aliphatic carboxylic acids is 1. The summed E-state index contributed by atoms with van der Waals surface area (Å²) in [6.45, 7) is 16.5. The summed E-state index contributed by atoms with van der Waals surface area (Å²) in [4.78, 5) is 50.0. The zero-order valence-corrected chi connectivity index (χ0v) is 44.7. The summed E-state index contributed by atoms with van der Waals surface area (Å²) in [7, 11) is 6.72. The molecule has 2 aliphatic rings. The fourth-order valence-corrected chi connectivity index (χ4v) is 9.11. The van der Waals surface area contributed by atoms with Crippen LogP contribution in [0.4, 0.5) is 4.79 Å². The van der Waals surface area contributed by atoms with Crippen LogP contribution in [0.15, 0.2) is 97.1 Å². The number of hydrogen-bond acceptors (Lipinski definition) is 11. The number of carbonyl (C=O) groups is 4. The largest absolute Gasteiger partial charge is 0.497 e. The Bertz CT molecular complexity index is 2240. The number of likely N-dealkylation sites (N-methyl/N-ethyl adjacent to an activating group) is 1. The normalized spacial score (nSPS) is 16.3. The van der Waals surface area contributed by atoms with Crippen molar-refractivity contribution in [2.75, 3.05) is 41.5 Å². The summed E-state index contributed by atoms with van der Waals surface area (Å²) < 4.78 is 32.4. The van der Waals surface area contributed by atoms with Crippen LogP contribution in [-0.4, -0.2) is 99.3 Å². The van der Waals surface area contributed by atoms with Crippen molar-refractivity contribution < 1.29 is 52.7 Å². The first-order valence-corrected chi connectivity index (χ1v) is 24.5. The lowest BCUT2D eigenvalue weighted by Crippen LogP contribution is -2.45. The van der Waals surface area contributed by atoms with Gasteiger partial charge in [-0.15, -0.1) is 12.4 Å². The third-order valence-corrected chi connectivity index (χ3v) is 13.4. The maximum atomic E-state index is 12.9. The third-order valence-electron chi connectivity index (χ3n) is 13.4. The zero-order chi connectivity index (χ0) is 51.5. The van der Waals surface area contributed by atoms with Gasteiger partial charge in [-0.3, -0.25) is 14.4 Å². The van der Waals surface area contributed by atoms with Crippen LogP contribution >= 0.6 is 12.4 Å². The van der Waals surface area contributed by atoms with Crippen molar-refractivity contribution in [1.82, 2.24) is 10.2 Å². The Morgan fingerprint density at radius 2 is 1.42 bits per heavy atom. The molecule has 1 amide bonds. The van der Waals surface area contributed by atoms with Gasteiger partial charge in [-0.05, 0) is 98.9 Å². The second-order valence-corrected chi connectivity index (χ2v) is 19.3. The predicted octanol–water partition coefficient (Wildman–Crippen LogP) is 11.2. The third kappa shape index (κ3) is 17.3. The summed E-state index contributed by atoms with van der Waals surface area (Å²) in [6, 6.07) is 31.9. The van der Waals surface area contributed by atoms with Crippen LogP contribution in [0, 0.1) is 23.7 Å². The molecule has 390 valence electrons. The van der Waals surface area contributed by atoms with Crippen molar-refractivity contribution >= 4 is 36.4 Å². The number of methoxy groups -OCH3 is 3. The number of carbonyl (C=O) groups excluding carboxylic acids is 3. The van der Waals surface area contributed by atoms with E-state index < -0.39 is 17.5 Å². The number of ether oxygens (including phenoxy) is 6. The van der Waals surface area contributed by atoms with Gasteiger partial charge in [0.25, 0.3) is 0 Å². The lowest BCUT2D eigenvalue weighted by Gasteiger charge is -2.31. The number of hydrogen-bond donors (Lipinski definition) is 2. The fraction of sp³-hybridized carbons (Fsp3) is 0.509. The standard InChI is InChI=1S/C24H27NO4.C19H22O4.C14H29NO3.ClH/c1-15(16(2)23(26)27)22-12-7-13-25(22)24(28)29-14-21-19-10-5-3-8-17(19)18-9-4-6-11-20(18)21;1-14(11-15-7-5-4-6-8-15)19(20)23-13-16-9-10-17(21-2)12-18(16)22-3;1-8-10(2)13(15-6)11(17-7)9-12(16)18-14(3,4)5;/h3-6,8-11,15-16,21-22H,7,12-14H2,1-2H3,(H,26,27);4-10,12,14H,11,13H2,1-3H3;10-11,13,15H,8-9H2,1-7H3;1H/t15-,16-,22+;14-;10-,11+,13-;/m100./s1. The van der Waals surface area contributed by atoms with Crippen molar-refractivity contribution in [3.63, 3.8) is 0 Å². The molecule has 4 aromatic rings. The molecule has 6 rings (SSSR count). The highest BCUT2D eigenvalue weighted by Gasteiger charge is 2.39. The lowest BCUT2D eigenvalue weighted by atomic mass is 9.87. The van der Waals surface area contributed by atoms with E-state index in [4.69, 9.17) is 28.4 Å². The number of nitrogens with zero attached hydrogens (tertiary/aromatic N) is 1. The van der Waals surface area contributed by atoms with Gasteiger partial charge in [0.15, 0.2) is 0 Å².